The first-order valence-electron chi connectivity index (χ1n) is 6.88. The largest absolute Gasteiger partial charge is 0.375 e. The molecule has 0 radical (unpaired) electrons. The van der Waals surface area contributed by atoms with E-state index in [9.17, 15) is 4.79 Å². The van der Waals surface area contributed by atoms with Crippen molar-refractivity contribution in [3.05, 3.63) is 0 Å². The van der Waals surface area contributed by atoms with E-state index in [4.69, 9.17) is 4.74 Å². The highest BCUT2D eigenvalue weighted by Gasteiger charge is 2.33. The van der Waals surface area contributed by atoms with Gasteiger partial charge in [0.05, 0.1) is 19.1 Å². The first-order chi connectivity index (χ1) is 8.74. The summed E-state index contributed by atoms with van der Waals surface area (Å²) < 4.78 is 5.84. The summed E-state index contributed by atoms with van der Waals surface area (Å²) in [5.41, 5.74) is 0. The van der Waals surface area contributed by atoms with Crippen LogP contribution in [0.2, 0.25) is 0 Å². The van der Waals surface area contributed by atoms with Crippen molar-refractivity contribution in [2.45, 2.75) is 43.0 Å². The van der Waals surface area contributed by atoms with Crippen LogP contribution in [0.25, 0.3) is 0 Å². The molecule has 0 aromatic carbocycles. The SMILES string of the molecule is CSC1(CNC(=O)CC2CNCCO2)CCCC1. The Labute approximate surface area is 114 Å². The molecule has 2 aliphatic rings. The molecule has 1 heterocycles. The van der Waals surface area contributed by atoms with Gasteiger partial charge in [0, 0.05) is 24.4 Å². The molecule has 1 unspecified atom stereocenters. The van der Waals surface area contributed by atoms with E-state index in [2.05, 4.69) is 16.9 Å². The summed E-state index contributed by atoms with van der Waals surface area (Å²) in [6.45, 7) is 3.22. The highest BCUT2D eigenvalue weighted by molar-refractivity contribution is 8.00. The lowest BCUT2D eigenvalue weighted by Crippen LogP contribution is -2.43. The zero-order valence-corrected chi connectivity index (χ0v) is 12.0. The van der Waals surface area contributed by atoms with Gasteiger partial charge in [-0.2, -0.15) is 11.8 Å². The Morgan fingerprint density at radius 3 is 2.89 bits per heavy atom. The Kier molecular flexibility index (Phi) is 5.33. The van der Waals surface area contributed by atoms with Gasteiger partial charge in [0.1, 0.15) is 0 Å². The molecule has 5 heteroatoms. The number of hydrogen-bond donors (Lipinski definition) is 2. The van der Waals surface area contributed by atoms with Gasteiger partial charge in [-0.3, -0.25) is 4.79 Å². The lowest BCUT2D eigenvalue weighted by Gasteiger charge is -2.28. The first-order valence-corrected chi connectivity index (χ1v) is 8.11. The molecule has 0 aromatic rings. The van der Waals surface area contributed by atoms with Crippen molar-refractivity contribution < 1.29 is 9.53 Å². The van der Waals surface area contributed by atoms with Crippen molar-refractivity contribution in [3.8, 4) is 0 Å². The fourth-order valence-corrected chi connectivity index (χ4v) is 3.68. The minimum absolute atomic E-state index is 0.0487. The van der Waals surface area contributed by atoms with Gasteiger partial charge in [-0.05, 0) is 19.1 Å². The van der Waals surface area contributed by atoms with E-state index >= 15 is 0 Å². The number of amides is 1. The summed E-state index contributed by atoms with van der Waals surface area (Å²) in [5, 5.41) is 6.34. The van der Waals surface area contributed by atoms with Gasteiger partial charge in [-0.1, -0.05) is 12.8 Å². The van der Waals surface area contributed by atoms with Crippen molar-refractivity contribution >= 4 is 17.7 Å². The molecule has 1 saturated carbocycles. The fraction of sp³-hybridized carbons (Fsp3) is 0.923. The smallest absolute Gasteiger partial charge is 0.222 e. The Bertz CT molecular complexity index is 274. The summed E-state index contributed by atoms with van der Waals surface area (Å²) in [4.78, 5) is 11.9. The van der Waals surface area contributed by atoms with Gasteiger partial charge in [0.25, 0.3) is 0 Å². The molecule has 104 valence electrons. The molecule has 0 spiro atoms. The Balaban J connectivity index is 1.70. The predicted molar refractivity (Wildman–Crippen MR) is 75.0 cm³/mol. The van der Waals surface area contributed by atoms with Crippen molar-refractivity contribution in [3.63, 3.8) is 0 Å². The standard InChI is InChI=1S/C13H24N2O2S/c1-18-13(4-2-3-5-13)10-15-12(16)8-11-9-14-6-7-17-11/h11,14H,2-10H2,1H3,(H,15,16). The summed E-state index contributed by atoms with van der Waals surface area (Å²) in [7, 11) is 0. The number of carbonyl (C=O) groups excluding carboxylic acids is 1. The monoisotopic (exact) mass is 272 g/mol. The summed E-state index contributed by atoms with van der Waals surface area (Å²) in [6.07, 6.45) is 7.75. The van der Waals surface area contributed by atoms with Crippen molar-refractivity contribution in [1.82, 2.24) is 10.6 Å². The maximum atomic E-state index is 11.9. The topological polar surface area (TPSA) is 50.4 Å². The van der Waals surface area contributed by atoms with E-state index in [1.54, 1.807) is 0 Å². The molecule has 1 aliphatic carbocycles. The van der Waals surface area contributed by atoms with Gasteiger partial charge in [-0.15, -0.1) is 0 Å². The second-order valence-corrected chi connectivity index (χ2v) is 6.55. The van der Waals surface area contributed by atoms with Crippen LogP contribution in [0, 0.1) is 0 Å². The molecule has 2 N–H and O–H groups in total. The number of carbonyl (C=O) groups is 1. The fourth-order valence-electron chi connectivity index (χ4n) is 2.76. The van der Waals surface area contributed by atoms with Gasteiger partial charge < -0.3 is 15.4 Å². The first kappa shape index (κ1) is 14.2. The molecule has 0 bridgehead atoms. The van der Waals surface area contributed by atoms with Gasteiger partial charge in [0.2, 0.25) is 5.91 Å². The average Bonchev–Trinajstić information content (AvgIpc) is 2.87. The van der Waals surface area contributed by atoms with Crippen LogP contribution in [-0.2, 0) is 9.53 Å². The van der Waals surface area contributed by atoms with E-state index in [0.29, 0.717) is 17.8 Å². The third kappa shape index (κ3) is 3.87. The van der Waals surface area contributed by atoms with Crippen molar-refractivity contribution in [1.29, 1.82) is 0 Å². The van der Waals surface area contributed by atoms with Crippen LogP contribution >= 0.6 is 11.8 Å². The zero-order valence-electron chi connectivity index (χ0n) is 11.2. The van der Waals surface area contributed by atoms with E-state index in [1.165, 1.54) is 25.7 Å². The number of thioether (sulfide) groups is 1. The quantitative estimate of drug-likeness (QED) is 0.788. The average molecular weight is 272 g/mol. The van der Waals surface area contributed by atoms with Gasteiger partial charge in [-0.25, -0.2) is 0 Å². The molecule has 1 saturated heterocycles. The lowest BCUT2D eigenvalue weighted by atomic mass is 10.1. The highest BCUT2D eigenvalue weighted by Crippen LogP contribution is 2.39. The number of morpholine rings is 1. The molecule has 0 aromatic heterocycles. The molecular formula is C13H24N2O2S. The molecule has 2 fully saturated rings. The molecule has 1 aliphatic heterocycles. The summed E-state index contributed by atoms with van der Waals surface area (Å²) in [6, 6.07) is 0. The number of ether oxygens (including phenoxy) is 1. The van der Waals surface area contributed by atoms with Crippen LogP contribution in [0.5, 0.6) is 0 Å². The van der Waals surface area contributed by atoms with Crippen LogP contribution in [-0.4, -0.2) is 49.3 Å². The minimum atomic E-state index is 0.0487. The Morgan fingerprint density at radius 1 is 1.50 bits per heavy atom. The molecule has 4 nitrogen and oxygen atoms in total. The van der Waals surface area contributed by atoms with Gasteiger partial charge >= 0.3 is 0 Å². The maximum absolute atomic E-state index is 11.9. The second-order valence-electron chi connectivity index (χ2n) is 5.27. The number of hydrogen-bond acceptors (Lipinski definition) is 4. The van der Waals surface area contributed by atoms with Crippen molar-refractivity contribution in [2.75, 3.05) is 32.5 Å². The zero-order chi connectivity index (χ0) is 12.8. The number of nitrogens with one attached hydrogen (secondary N) is 2. The third-order valence-corrected chi connectivity index (χ3v) is 5.39. The van der Waals surface area contributed by atoms with E-state index in [1.807, 2.05) is 11.8 Å². The Morgan fingerprint density at radius 2 is 2.28 bits per heavy atom. The Hall–Kier alpha value is -0.260. The highest BCUT2D eigenvalue weighted by atomic mass is 32.2. The second kappa shape index (κ2) is 6.78. The molecular weight excluding hydrogens is 248 g/mol. The predicted octanol–water partition coefficient (Wildman–Crippen LogP) is 1.16. The maximum Gasteiger partial charge on any atom is 0.222 e. The summed E-state index contributed by atoms with van der Waals surface area (Å²) >= 11 is 1.91. The van der Waals surface area contributed by atoms with E-state index < -0.39 is 0 Å². The van der Waals surface area contributed by atoms with Crippen LogP contribution in [0.4, 0.5) is 0 Å². The normalized spacial score (nSPS) is 27.1. The molecule has 1 atom stereocenters. The van der Waals surface area contributed by atoms with Crippen LogP contribution < -0.4 is 10.6 Å². The third-order valence-electron chi connectivity index (χ3n) is 3.97. The lowest BCUT2D eigenvalue weighted by molar-refractivity contribution is -0.124. The van der Waals surface area contributed by atoms with Gasteiger partial charge in [0.15, 0.2) is 0 Å². The van der Waals surface area contributed by atoms with Crippen LogP contribution in [0.1, 0.15) is 32.1 Å². The number of rotatable bonds is 5. The molecule has 18 heavy (non-hydrogen) atoms. The minimum Gasteiger partial charge on any atom is -0.375 e. The van der Waals surface area contributed by atoms with Crippen LogP contribution in [0.15, 0.2) is 0 Å². The van der Waals surface area contributed by atoms with Crippen LogP contribution in [0.3, 0.4) is 0 Å². The van der Waals surface area contributed by atoms with E-state index in [0.717, 1.165) is 19.6 Å². The summed E-state index contributed by atoms with van der Waals surface area (Å²) in [5.74, 6) is 0.129. The van der Waals surface area contributed by atoms with E-state index in [-0.39, 0.29) is 12.0 Å². The molecule has 2 rings (SSSR count). The molecule has 1 amide bonds. The van der Waals surface area contributed by atoms with Crippen molar-refractivity contribution in [2.24, 2.45) is 0 Å².